The molecule has 13 heteroatoms. The maximum Gasteiger partial charge on any atom is 0.323 e. The number of Topliss-reactive ketones (excluding diaryl/α,β-unsaturated/α-hetero) is 1. The van der Waals surface area contributed by atoms with E-state index in [9.17, 15) is 28.0 Å². The number of benzene rings is 1. The maximum atomic E-state index is 13.2. The van der Waals surface area contributed by atoms with Crippen LogP contribution >= 0.6 is 0 Å². The van der Waals surface area contributed by atoms with Gasteiger partial charge in [-0.1, -0.05) is 26.0 Å². The van der Waals surface area contributed by atoms with E-state index in [1.54, 1.807) is 18.2 Å². The number of pyridine rings is 1. The van der Waals surface area contributed by atoms with Crippen LogP contribution in [0.4, 0.5) is 0 Å². The first-order valence-electron chi connectivity index (χ1n) is 12.6. The van der Waals surface area contributed by atoms with E-state index in [1.165, 1.54) is 24.4 Å². The number of fused-ring (bicyclic) bond motifs is 1. The van der Waals surface area contributed by atoms with E-state index in [2.05, 4.69) is 20.6 Å². The Morgan fingerprint density at radius 1 is 1.15 bits per heavy atom. The smallest absolute Gasteiger partial charge is 0.323 e. The molecule has 0 saturated carbocycles. The number of amides is 2. The molecular formula is C26H30N6O6S. The molecule has 1 saturated heterocycles. The van der Waals surface area contributed by atoms with Gasteiger partial charge in [-0.2, -0.15) is 9.04 Å². The fourth-order valence-electron chi connectivity index (χ4n) is 4.37. The van der Waals surface area contributed by atoms with E-state index in [1.807, 2.05) is 19.9 Å². The van der Waals surface area contributed by atoms with E-state index in [-0.39, 0.29) is 35.7 Å². The minimum absolute atomic E-state index is 0.0160. The zero-order valence-corrected chi connectivity index (χ0v) is 22.4. The Morgan fingerprint density at radius 2 is 1.87 bits per heavy atom. The Hall–Kier alpha value is -3.97. The molecule has 0 spiro atoms. The highest BCUT2D eigenvalue weighted by molar-refractivity contribution is 7.89. The van der Waals surface area contributed by atoms with Crippen LogP contribution in [0.25, 0.3) is 11.0 Å². The number of para-hydroxylation sites is 2. The molecule has 0 unspecified atom stereocenters. The monoisotopic (exact) mass is 554 g/mol. The second-order valence-electron chi connectivity index (χ2n) is 9.77. The Labute approximate surface area is 226 Å². The Balaban J connectivity index is 1.45. The fourth-order valence-corrected chi connectivity index (χ4v) is 5.84. The molecule has 206 valence electrons. The first kappa shape index (κ1) is 28.0. The van der Waals surface area contributed by atoms with E-state index in [0.717, 1.165) is 10.5 Å². The molecular weight excluding hydrogens is 524 g/mol. The third-order valence-corrected chi connectivity index (χ3v) is 8.18. The van der Waals surface area contributed by atoms with Crippen molar-refractivity contribution in [3.05, 3.63) is 65.8 Å². The number of hydrogen-bond donors (Lipinski definition) is 2. The zero-order valence-electron chi connectivity index (χ0n) is 21.6. The van der Waals surface area contributed by atoms with Gasteiger partial charge in [0.1, 0.15) is 11.7 Å². The number of rotatable bonds is 8. The summed E-state index contributed by atoms with van der Waals surface area (Å²) in [6, 6.07) is 9.20. The van der Waals surface area contributed by atoms with Crippen molar-refractivity contribution < 1.29 is 27.5 Å². The highest BCUT2D eigenvalue weighted by Gasteiger charge is 2.37. The van der Waals surface area contributed by atoms with Crippen LogP contribution in [0.15, 0.2) is 59.9 Å². The number of carbonyl (C=O) groups is 3. The summed E-state index contributed by atoms with van der Waals surface area (Å²) in [6.45, 7) is 3.32. The van der Waals surface area contributed by atoms with E-state index in [0.29, 0.717) is 17.5 Å². The molecule has 1 aliphatic heterocycles. The van der Waals surface area contributed by atoms with Gasteiger partial charge in [-0.15, -0.1) is 0 Å². The first-order valence-corrected chi connectivity index (χ1v) is 14.0. The summed E-state index contributed by atoms with van der Waals surface area (Å²) in [6.07, 6.45) is 3.21. The molecule has 4 rings (SSSR count). The first-order chi connectivity index (χ1) is 18.6. The molecule has 2 aromatic heterocycles. The molecule has 0 radical (unpaired) electrons. The van der Waals surface area contributed by atoms with Gasteiger partial charge in [0.15, 0.2) is 12.0 Å². The normalized spacial score (nSPS) is 17.5. The van der Waals surface area contributed by atoms with Gasteiger partial charge in [0.25, 0.3) is 5.91 Å². The van der Waals surface area contributed by atoms with Crippen molar-refractivity contribution in [2.75, 3.05) is 13.1 Å². The second-order valence-corrected chi connectivity index (χ2v) is 11.7. The molecule has 3 aromatic rings. The summed E-state index contributed by atoms with van der Waals surface area (Å²) < 4.78 is 27.2. The number of sulfonamides is 1. The molecule has 12 nitrogen and oxygen atoms in total. The lowest BCUT2D eigenvalue weighted by molar-refractivity contribution is -0.646. The van der Waals surface area contributed by atoms with Crippen molar-refractivity contribution in [3.63, 3.8) is 0 Å². The molecule has 2 atom stereocenters. The lowest BCUT2D eigenvalue weighted by Gasteiger charge is -2.23. The number of nitrogens with zero attached hydrogens (tertiary/aromatic N) is 4. The van der Waals surface area contributed by atoms with Crippen LogP contribution < -0.4 is 15.4 Å². The number of hydrogen-bond acceptors (Lipinski definition) is 8. The van der Waals surface area contributed by atoms with Gasteiger partial charge in [-0.05, 0) is 43.4 Å². The molecule has 1 fully saturated rings. The molecule has 1 aliphatic rings. The molecule has 39 heavy (non-hydrogen) atoms. The van der Waals surface area contributed by atoms with Crippen LogP contribution in [-0.2, 0) is 19.6 Å². The number of ketones is 1. The van der Waals surface area contributed by atoms with Gasteiger partial charge in [0.05, 0.1) is 29.8 Å². The lowest BCUT2D eigenvalue weighted by Crippen LogP contribution is -2.53. The van der Waals surface area contributed by atoms with Crippen LogP contribution in [0.2, 0.25) is 0 Å². The Kier molecular flexibility index (Phi) is 8.51. The summed E-state index contributed by atoms with van der Waals surface area (Å²) >= 11 is 0. The van der Waals surface area contributed by atoms with Gasteiger partial charge in [0.2, 0.25) is 5.91 Å². The van der Waals surface area contributed by atoms with Crippen LogP contribution in [0.1, 0.15) is 43.6 Å². The van der Waals surface area contributed by atoms with Crippen LogP contribution in [0, 0.1) is 11.1 Å². The van der Waals surface area contributed by atoms with Gasteiger partial charge in [-0.3, -0.25) is 19.4 Å². The van der Waals surface area contributed by atoms with Crippen molar-refractivity contribution >= 4 is 38.7 Å². The standard InChI is InChI=1S/C26H30N6O6S/c1-17(2)14-21(30-26(35)22-15-27-18-8-3-4-9-19(18)28-22)25(34)29-20-10-7-12-31(16-23(20)33)39(37,38)24-11-5-6-13-32(24)36/h3-6,8-9,11,13,15,17,20-21H,7,10,12,14,16H2,1-2H3,(H,29,34)(H,30,35)/t20-,21+/m1/s1. The fraction of sp³-hybridized carbons (Fsp3) is 0.385. The predicted molar refractivity (Wildman–Crippen MR) is 141 cm³/mol. The summed E-state index contributed by atoms with van der Waals surface area (Å²) in [7, 11) is -4.21. The van der Waals surface area contributed by atoms with E-state index < -0.39 is 51.3 Å². The lowest BCUT2D eigenvalue weighted by atomic mass is 10.0. The topological polar surface area (TPSA) is 165 Å². The predicted octanol–water partition coefficient (Wildman–Crippen LogP) is 0.946. The van der Waals surface area contributed by atoms with Gasteiger partial charge in [0, 0.05) is 18.7 Å². The number of carbonyl (C=O) groups excluding carboxylic acids is 3. The third-order valence-electron chi connectivity index (χ3n) is 6.34. The summed E-state index contributed by atoms with van der Waals surface area (Å²) in [5.41, 5.74) is 1.22. The minimum atomic E-state index is -4.21. The average molecular weight is 555 g/mol. The maximum absolute atomic E-state index is 13.2. The molecule has 1 aromatic carbocycles. The summed E-state index contributed by atoms with van der Waals surface area (Å²) in [4.78, 5) is 47.8. The largest absolute Gasteiger partial charge is 0.618 e. The zero-order chi connectivity index (χ0) is 28.2. The quantitative estimate of drug-likeness (QED) is 0.307. The third kappa shape index (κ3) is 6.55. The molecule has 0 aliphatic carbocycles. The Bertz CT molecular complexity index is 1500. The summed E-state index contributed by atoms with van der Waals surface area (Å²) in [5.74, 6) is -1.60. The highest BCUT2D eigenvalue weighted by Crippen LogP contribution is 2.18. The van der Waals surface area contributed by atoms with Crippen molar-refractivity contribution in [3.8, 4) is 0 Å². The molecule has 0 bridgehead atoms. The number of aromatic nitrogens is 3. The van der Waals surface area contributed by atoms with Crippen molar-refractivity contribution in [2.24, 2.45) is 5.92 Å². The van der Waals surface area contributed by atoms with Gasteiger partial charge in [-0.25, -0.2) is 13.4 Å². The molecule has 2 N–H and O–H groups in total. The van der Waals surface area contributed by atoms with Crippen LogP contribution in [0.3, 0.4) is 0 Å². The highest BCUT2D eigenvalue weighted by atomic mass is 32.2. The van der Waals surface area contributed by atoms with E-state index in [4.69, 9.17) is 0 Å². The van der Waals surface area contributed by atoms with Gasteiger partial charge < -0.3 is 15.8 Å². The molecule has 3 heterocycles. The number of nitrogens with one attached hydrogen (secondary N) is 2. The SMILES string of the molecule is CC(C)C[C@H](NC(=O)c1cnc2ccccc2n1)C(=O)N[C@@H]1CCCN(S(=O)(=O)c2cccc[n+]2[O-])CC1=O. The minimum Gasteiger partial charge on any atom is -0.618 e. The molecule has 2 amide bonds. The van der Waals surface area contributed by atoms with Crippen LogP contribution in [-0.4, -0.2) is 65.5 Å². The van der Waals surface area contributed by atoms with Gasteiger partial charge >= 0.3 is 15.0 Å². The van der Waals surface area contributed by atoms with Crippen molar-refractivity contribution in [2.45, 2.75) is 50.2 Å². The Morgan fingerprint density at radius 3 is 2.59 bits per heavy atom. The van der Waals surface area contributed by atoms with E-state index >= 15 is 0 Å². The second kappa shape index (κ2) is 11.8. The van der Waals surface area contributed by atoms with Crippen molar-refractivity contribution in [1.82, 2.24) is 24.9 Å². The summed E-state index contributed by atoms with van der Waals surface area (Å²) in [5, 5.41) is 17.0. The average Bonchev–Trinajstić information content (AvgIpc) is 3.09. The van der Waals surface area contributed by atoms with Crippen molar-refractivity contribution in [1.29, 1.82) is 0 Å². The van der Waals surface area contributed by atoms with Crippen LogP contribution in [0.5, 0.6) is 0 Å².